The van der Waals surface area contributed by atoms with E-state index in [-0.39, 0.29) is 16.8 Å². The van der Waals surface area contributed by atoms with Crippen molar-refractivity contribution < 1.29 is 13.2 Å². The highest BCUT2D eigenvalue weighted by Crippen LogP contribution is 2.19. The summed E-state index contributed by atoms with van der Waals surface area (Å²) in [6.45, 7) is 5.18. The Kier molecular flexibility index (Phi) is 5.18. The lowest BCUT2D eigenvalue weighted by Crippen LogP contribution is -2.26. The monoisotopic (exact) mass is 332 g/mol. The zero-order chi connectivity index (χ0) is 17.0. The summed E-state index contributed by atoms with van der Waals surface area (Å²) >= 11 is 0. The lowest BCUT2D eigenvalue weighted by atomic mass is 10.1. The fourth-order valence-corrected chi connectivity index (χ4v) is 3.38. The van der Waals surface area contributed by atoms with Crippen molar-refractivity contribution in [2.75, 3.05) is 5.32 Å². The third-order valence-electron chi connectivity index (χ3n) is 3.39. The van der Waals surface area contributed by atoms with E-state index in [1.54, 1.807) is 19.1 Å². The summed E-state index contributed by atoms with van der Waals surface area (Å²) in [5, 5.41) is 2.60. The second-order valence-corrected chi connectivity index (χ2v) is 7.17. The van der Waals surface area contributed by atoms with Crippen molar-refractivity contribution in [2.45, 2.75) is 31.7 Å². The first kappa shape index (κ1) is 17.2. The Labute approximate surface area is 136 Å². The topological polar surface area (TPSA) is 75.3 Å². The van der Waals surface area contributed by atoms with Crippen molar-refractivity contribution in [1.82, 2.24) is 4.72 Å². The van der Waals surface area contributed by atoms with Crippen molar-refractivity contribution >= 4 is 21.6 Å². The van der Waals surface area contributed by atoms with E-state index in [0.29, 0.717) is 5.69 Å². The summed E-state index contributed by atoms with van der Waals surface area (Å²) in [4.78, 5) is 11.1. The molecule has 0 radical (unpaired) electrons. The molecule has 5 nitrogen and oxygen atoms in total. The average Bonchev–Trinajstić information content (AvgIpc) is 2.47. The molecular weight excluding hydrogens is 312 g/mol. The van der Waals surface area contributed by atoms with Crippen LogP contribution in [-0.4, -0.2) is 14.3 Å². The first-order valence-corrected chi connectivity index (χ1v) is 8.73. The Bertz CT molecular complexity index is 782. The molecule has 2 rings (SSSR count). The summed E-state index contributed by atoms with van der Waals surface area (Å²) in [5.41, 5.74) is 2.58. The molecule has 0 fully saturated rings. The normalized spacial score (nSPS) is 12.7. The molecule has 1 atom stereocenters. The van der Waals surface area contributed by atoms with Crippen molar-refractivity contribution in [3.05, 3.63) is 59.7 Å². The predicted octanol–water partition coefficient (Wildman–Crippen LogP) is 2.99. The van der Waals surface area contributed by atoms with Gasteiger partial charge < -0.3 is 5.32 Å². The number of amides is 1. The maximum absolute atomic E-state index is 12.4. The molecule has 2 N–H and O–H groups in total. The zero-order valence-electron chi connectivity index (χ0n) is 13.3. The molecule has 2 aromatic rings. The average molecular weight is 332 g/mol. The number of carbonyl (C=O) groups excluding carboxylic acids is 1. The van der Waals surface area contributed by atoms with Gasteiger partial charge in [0.2, 0.25) is 15.9 Å². The molecule has 6 heteroatoms. The Morgan fingerprint density at radius 2 is 1.57 bits per heavy atom. The van der Waals surface area contributed by atoms with Crippen molar-refractivity contribution in [3.8, 4) is 0 Å². The summed E-state index contributed by atoms with van der Waals surface area (Å²) in [6.07, 6.45) is 0. The predicted molar refractivity (Wildman–Crippen MR) is 90.7 cm³/mol. The van der Waals surface area contributed by atoms with Gasteiger partial charge in [-0.05, 0) is 43.7 Å². The molecule has 0 aliphatic rings. The number of rotatable bonds is 5. The second kappa shape index (κ2) is 6.93. The molecule has 0 saturated carbocycles. The van der Waals surface area contributed by atoms with E-state index in [2.05, 4.69) is 10.0 Å². The van der Waals surface area contributed by atoms with Gasteiger partial charge in [-0.15, -0.1) is 0 Å². The van der Waals surface area contributed by atoms with Crippen LogP contribution in [0.25, 0.3) is 0 Å². The summed E-state index contributed by atoms with van der Waals surface area (Å²) in [6, 6.07) is 13.4. The third-order valence-corrected chi connectivity index (χ3v) is 4.95. The largest absolute Gasteiger partial charge is 0.326 e. The van der Waals surface area contributed by atoms with E-state index < -0.39 is 10.0 Å². The molecule has 23 heavy (non-hydrogen) atoms. The van der Waals surface area contributed by atoms with Gasteiger partial charge in [0.25, 0.3) is 0 Å². The number of benzene rings is 2. The van der Waals surface area contributed by atoms with E-state index in [0.717, 1.165) is 11.1 Å². The van der Waals surface area contributed by atoms with Gasteiger partial charge in [0, 0.05) is 18.7 Å². The van der Waals surface area contributed by atoms with Crippen LogP contribution < -0.4 is 10.0 Å². The van der Waals surface area contributed by atoms with Gasteiger partial charge in [-0.1, -0.05) is 29.8 Å². The molecule has 0 spiro atoms. The summed E-state index contributed by atoms with van der Waals surface area (Å²) in [7, 11) is -3.63. The fourth-order valence-electron chi connectivity index (χ4n) is 2.14. The Morgan fingerprint density at radius 1 is 1.00 bits per heavy atom. The third kappa shape index (κ3) is 4.64. The summed E-state index contributed by atoms with van der Waals surface area (Å²) in [5.74, 6) is -0.202. The van der Waals surface area contributed by atoms with Crippen LogP contribution in [-0.2, 0) is 14.8 Å². The van der Waals surface area contributed by atoms with Gasteiger partial charge in [-0.2, -0.15) is 0 Å². The van der Waals surface area contributed by atoms with Gasteiger partial charge in [-0.25, -0.2) is 13.1 Å². The maximum Gasteiger partial charge on any atom is 0.241 e. The molecular formula is C17H20N2O3S. The SMILES string of the molecule is CC(=O)Nc1ccc(S(=O)(=O)NC(C)c2ccc(C)cc2)cc1. The van der Waals surface area contributed by atoms with Crippen LogP contribution in [0.3, 0.4) is 0 Å². The number of hydrogen-bond acceptors (Lipinski definition) is 3. The van der Waals surface area contributed by atoms with E-state index in [9.17, 15) is 13.2 Å². The van der Waals surface area contributed by atoms with Gasteiger partial charge >= 0.3 is 0 Å². The Morgan fingerprint density at radius 3 is 2.09 bits per heavy atom. The fraction of sp³-hybridized carbons (Fsp3) is 0.235. The second-order valence-electron chi connectivity index (χ2n) is 5.46. The molecule has 0 saturated heterocycles. The van der Waals surface area contributed by atoms with Crippen molar-refractivity contribution in [1.29, 1.82) is 0 Å². The van der Waals surface area contributed by atoms with Crippen LogP contribution in [0, 0.1) is 6.92 Å². The highest BCUT2D eigenvalue weighted by Gasteiger charge is 2.18. The number of anilines is 1. The minimum Gasteiger partial charge on any atom is -0.326 e. The van der Waals surface area contributed by atoms with Crippen LogP contribution >= 0.6 is 0 Å². The highest BCUT2D eigenvalue weighted by atomic mass is 32.2. The Balaban J connectivity index is 2.14. The van der Waals surface area contributed by atoms with E-state index in [1.807, 2.05) is 31.2 Å². The first-order chi connectivity index (χ1) is 10.8. The quantitative estimate of drug-likeness (QED) is 0.884. The lowest BCUT2D eigenvalue weighted by molar-refractivity contribution is -0.114. The highest BCUT2D eigenvalue weighted by molar-refractivity contribution is 7.89. The first-order valence-electron chi connectivity index (χ1n) is 7.24. The smallest absolute Gasteiger partial charge is 0.241 e. The molecule has 0 aliphatic heterocycles. The number of aryl methyl sites for hydroxylation is 1. The molecule has 2 aromatic carbocycles. The molecule has 0 aromatic heterocycles. The van der Waals surface area contributed by atoms with Crippen LogP contribution in [0.15, 0.2) is 53.4 Å². The van der Waals surface area contributed by atoms with Crippen molar-refractivity contribution in [2.24, 2.45) is 0 Å². The van der Waals surface area contributed by atoms with E-state index in [4.69, 9.17) is 0 Å². The van der Waals surface area contributed by atoms with E-state index in [1.165, 1.54) is 19.1 Å². The molecule has 1 amide bonds. The molecule has 1 unspecified atom stereocenters. The van der Waals surface area contributed by atoms with Gasteiger partial charge in [-0.3, -0.25) is 4.79 Å². The van der Waals surface area contributed by atoms with Crippen LogP contribution in [0.4, 0.5) is 5.69 Å². The molecule has 0 bridgehead atoms. The Hall–Kier alpha value is -2.18. The summed E-state index contributed by atoms with van der Waals surface area (Å²) < 4.78 is 27.5. The molecule has 0 aliphatic carbocycles. The lowest BCUT2D eigenvalue weighted by Gasteiger charge is -2.15. The minimum atomic E-state index is -3.63. The van der Waals surface area contributed by atoms with Crippen LogP contribution in [0.2, 0.25) is 0 Å². The molecule has 0 heterocycles. The minimum absolute atomic E-state index is 0.158. The number of nitrogens with one attached hydrogen (secondary N) is 2. The van der Waals surface area contributed by atoms with Crippen molar-refractivity contribution in [3.63, 3.8) is 0 Å². The van der Waals surface area contributed by atoms with Gasteiger partial charge in [0.15, 0.2) is 0 Å². The zero-order valence-corrected chi connectivity index (χ0v) is 14.1. The van der Waals surface area contributed by atoms with Crippen LogP contribution in [0.5, 0.6) is 0 Å². The van der Waals surface area contributed by atoms with E-state index >= 15 is 0 Å². The van der Waals surface area contributed by atoms with Gasteiger partial charge in [0.05, 0.1) is 4.90 Å². The number of carbonyl (C=O) groups is 1. The number of sulfonamides is 1. The van der Waals surface area contributed by atoms with Crippen LogP contribution in [0.1, 0.15) is 31.0 Å². The maximum atomic E-state index is 12.4. The van der Waals surface area contributed by atoms with Gasteiger partial charge in [0.1, 0.15) is 0 Å². The standard InChI is InChI=1S/C17H20N2O3S/c1-12-4-6-15(7-5-12)13(2)19-23(21,22)17-10-8-16(9-11-17)18-14(3)20/h4-11,13,19H,1-3H3,(H,18,20). The number of hydrogen-bond donors (Lipinski definition) is 2. The molecule has 122 valence electrons.